The molecule has 1 aromatic heterocycles. The van der Waals surface area contributed by atoms with Crippen LogP contribution in [0.1, 0.15) is 28.2 Å². The molecule has 1 fully saturated rings. The first-order chi connectivity index (χ1) is 13.1. The number of benzene rings is 1. The smallest absolute Gasteiger partial charge is 0.274 e. The number of H-pyrrole nitrogens is 1. The maximum Gasteiger partial charge on any atom is 0.274 e. The second-order valence-electron chi connectivity index (χ2n) is 6.82. The molecule has 1 aromatic carbocycles. The standard InChI is InChI=1S/C18H23N5O3S.ClH/c24-18(17-15-13-19-8-7-16(15)20-21-17)22-9-4-10-23(12-11-22)27(25,26)14-5-2-1-3-6-14;/h1-3,5-6,19H,4,7-13H2,(H,20,21);1H. The van der Waals surface area contributed by atoms with E-state index in [9.17, 15) is 13.2 Å². The molecule has 1 saturated heterocycles. The number of amides is 1. The van der Waals surface area contributed by atoms with Gasteiger partial charge in [0.2, 0.25) is 10.0 Å². The highest BCUT2D eigenvalue weighted by Crippen LogP contribution is 2.20. The van der Waals surface area contributed by atoms with Crippen LogP contribution in [-0.2, 0) is 23.0 Å². The van der Waals surface area contributed by atoms with Gasteiger partial charge in [0, 0.05) is 56.9 Å². The fourth-order valence-corrected chi connectivity index (χ4v) is 5.12. The van der Waals surface area contributed by atoms with Gasteiger partial charge in [0.05, 0.1) is 4.90 Å². The molecule has 2 aliphatic heterocycles. The molecule has 0 saturated carbocycles. The molecule has 8 nitrogen and oxygen atoms in total. The van der Waals surface area contributed by atoms with E-state index in [-0.39, 0.29) is 29.8 Å². The van der Waals surface area contributed by atoms with E-state index in [1.807, 2.05) is 0 Å². The highest BCUT2D eigenvalue weighted by molar-refractivity contribution is 7.89. The van der Waals surface area contributed by atoms with E-state index in [4.69, 9.17) is 0 Å². The van der Waals surface area contributed by atoms with Gasteiger partial charge < -0.3 is 10.2 Å². The first kappa shape index (κ1) is 20.8. The van der Waals surface area contributed by atoms with Crippen molar-refractivity contribution in [1.82, 2.24) is 24.7 Å². The molecule has 28 heavy (non-hydrogen) atoms. The number of sulfonamides is 1. The van der Waals surface area contributed by atoms with Gasteiger partial charge in [0.15, 0.2) is 5.69 Å². The monoisotopic (exact) mass is 425 g/mol. The number of nitrogens with zero attached hydrogens (tertiary/aromatic N) is 3. The number of carbonyl (C=O) groups excluding carboxylic acids is 1. The fourth-order valence-electron chi connectivity index (χ4n) is 3.63. The van der Waals surface area contributed by atoms with Crippen molar-refractivity contribution in [3.63, 3.8) is 0 Å². The van der Waals surface area contributed by atoms with Gasteiger partial charge in [-0.05, 0) is 18.6 Å². The molecule has 2 aromatic rings. The van der Waals surface area contributed by atoms with Crippen LogP contribution in [0, 0.1) is 0 Å². The lowest BCUT2D eigenvalue weighted by Gasteiger charge is -2.22. The first-order valence-electron chi connectivity index (χ1n) is 9.18. The van der Waals surface area contributed by atoms with Gasteiger partial charge in [0.25, 0.3) is 5.91 Å². The summed E-state index contributed by atoms with van der Waals surface area (Å²) in [4.78, 5) is 15.0. The van der Waals surface area contributed by atoms with Crippen molar-refractivity contribution in [3.05, 3.63) is 47.3 Å². The molecule has 3 heterocycles. The average molecular weight is 426 g/mol. The molecule has 0 radical (unpaired) electrons. The minimum Gasteiger partial charge on any atom is -0.336 e. The number of fused-ring (bicyclic) bond motifs is 1. The lowest BCUT2D eigenvalue weighted by atomic mass is 10.1. The molecule has 0 spiro atoms. The predicted octanol–water partition coefficient (Wildman–Crippen LogP) is 1.01. The van der Waals surface area contributed by atoms with Crippen molar-refractivity contribution in [3.8, 4) is 0 Å². The minimum absolute atomic E-state index is 0. The number of carbonyl (C=O) groups is 1. The zero-order chi connectivity index (χ0) is 18.9. The summed E-state index contributed by atoms with van der Waals surface area (Å²) < 4.78 is 27.1. The van der Waals surface area contributed by atoms with Crippen molar-refractivity contribution in [2.75, 3.05) is 32.7 Å². The number of aromatic amines is 1. The fraction of sp³-hybridized carbons (Fsp3) is 0.444. The largest absolute Gasteiger partial charge is 0.336 e. The number of hydrogen-bond donors (Lipinski definition) is 2. The molecule has 0 aliphatic carbocycles. The van der Waals surface area contributed by atoms with Crippen LogP contribution in [0.25, 0.3) is 0 Å². The van der Waals surface area contributed by atoms with Crippen LogP contribution in [0.15, 0.2) is 35.2 Å². The molecular weight excluding hydrogens is 402 g/mol. The van der Waals surface area contributed by atoms with Gasteiger partial charge in [0.1, 0.15) is 0 Å². The summed E-state index contributed by atoms with van der Waals surface area (Å²) in [5, 5.41) is 10.5. The molecule has 0 unspecified atom stereocenters. The van der Waals surface area contributed by atoms with Crippen LogP contribution in [0.4, 0.5) is 0 Å². The van der Waals surface area contributed by atoms with Crippen molar-refractivity contribution in [1.29, 1.82) is 0 Å². The highest BCUT2D eigenvalue weighted by Gasteiger charge is 2.30. The van der Waals surface area contributed by atoms with E-state index in [1.54, 1.807) is 35.2 Å². The molecule has 0 bridgehead atoms. The predicted molar refractivity (Wildman–Crippen MR) is 107 cm³/mol. The van der Waals surface area contributed by atoms with Gasteiger partial charge in [-0.3, -0.25) is 9.89 Å². The van der Waals surface area contributed by atoms with Crippen molar-refractivity contribution in [2.45, 2.75) is 24.3 Å². The number of rotatable bonds is 3. The van der Waals surface area contributed by atoms with E-state index in [0.29, 0.717) is 38.3 Å². The second-order valence-corrected chi connectivity index (χ2v) is 8.76. The zero-order valence-electron chi connectivity index (χ0n) is 15.4. The lowest BCUT2D eigenvalue weighted by Crippen LogP contribution is -2.38. The Morgan fingerprint density at radius 2 is 1.86 bits per heavy atom. The summed E-state index contributed by atoms with van der Waals surface area (Å²) in [6.45, 7) is 3.08. The van der Waals surface area contributed by atoms with Crippen LogP contribution < -0.4 is 5.32 Å². The summed E-state index contributed by atoms with van der Waals surface area (Å²) in [7, 11) is -3.54. The molecule has 1 amide bonds. The zero-order valence-corrected chi connectivity index (χ0v) is 17.1. The Kier molecular flexibility index (Phi) is 6.39. The molecule has 2 aliphatic rings. The lowest BCUT2D eigenvalue weighted by molar-refractivity contribution is 0.0757. The van der Waals surface area contributed by atoms with E-state index >= 15 is 0 Å². The summed E-state index contributed by atoms with van der Waals surface area (Å²) in [6, 6.07) is 8.43. The van der Waals surface area contributed by atoms with Gasteiger partial charge in [-0.25, -0.2) is 8.42 Å². The molecule has 0 atom stereocenters. The van der Waals surface area contributed by atoms with Gasteiger partial charge in [-0.1, -0.05) is 18.2 Å². The average Bonchev–Trinajstić information content (AvgIpc) is 2.96. The summed E-state index contributed by atoms with van der Waals surface area (Å²) in [6.07, 6.45) is 1.43. The Balaban J connectivity index is 0.00000225. The summed E-state index contributed by atoms with van der Waals surface area (Å²) in [5.74, 6) is -0.129. The number of aromatic nitrogens is 2. The first-order valence-corrected chi connectivity index (χ1v) is 10.6. The van der Waals surface area contributed by atoms with E-state index in [2.05, 4.69) is 15.5 Å². The maximum absolute atomic E-state index is 13.0. The minimum atomic E-state index is -3.54. The normalized spacial score (nSPS) is 18.1. The van der Waals surface area contributed by atoms with Gasteiger partial charge in [-0.15, -0.1) is 12.4 Å². The van der Waals surface area contributed by atoms with Crippen LogP contribution in [0.2, 0.25) is 0 Å². The Bertz CT molecular complexity index is 932. The Morgan fingerprint density at radius 3 is 2.64 bits per heavy atom. The van der Waals surface area contributed by atoms with Crippen molar-refractivity contribution in [2.24, 2.45) is 0 Å². The Labute approximate surface area is 170 Å². The Morgan fingerprint density at radius 1 is 1.07 bits per heavy atom. The third kappa shape index (κ3) is 3.93. The quantitative estimate of drug-likeness (QED) is 0.764. The Hall–Kier alpha value is -1.94. The molecule has 2 N–H and O–H groups in total. The highest BCUT2D eigenvalue weighted by atomic mass is 35.5. The van der Waals surface area contributed by atoms with Crippen LogP contribution in [0.5, 0.6) is 0 Å². The van der Waals surface area contributed by atoms with Crippen molar-refractivity contribution >= 4 is 28.3 Å². The number of hydrogen-bond acceptors (Lipinski definition) is 5. The molecule has 152 valence electrons. The third-order valence-corrected chi connectivity index (χ3v) is 7.04. The summed E-state index contributed by atoms with van der Waals surface area (Å²) >= 11 is 0. The second kappa shape index (κ2) is 8.60. The maximum atomic E-state index is 13.0. The van der Waals surface area contributed by atoms with Crippen LogP contribution >= 0.6 is 12.4 Å². The SMILES string of the molecule is Cl.O=C(c1n[nH]c2c1CNCC2)N1CCCN(S(=O)(=O)c2ccccc2)CC1. The third-order valence-electron chi connectivity index (χ3n) is 5.13. The number of nitrogens with one attached hydrogen (secondary N) is 2. The van der Waals surface area contributed by atoms with Crippen LogP contribution in [0.3, 0.4) is 0 Å². The van der Waals surface area contributed by atoms with Crippen LogP contribution in [-0.4, -0.2) is 66.5 Å². The van der Waals surface area contributed by atoms with Gasteiger partial charge in [-0.2, -0.15) is 9.40 Å². The number of halogens is 1. The topological polar surface area (TPSA) is 98.4 Å². The van der Waals surface area contributed by atoms with Crippen molar-refractivity contribution < 1.29 is 13.2 Å². The molecule has 10 heteroatoms. The van der Waals surface area contributed by atoms with E-state index in [1.165, 1.54) is 4.31 Å². The van der Waals surface area contributed by atoms with E-state index < -0.39 is 10.0 Å². The summed E-state index contributed by atoms with van der Waals surface area (Å²) in [5.41, 5.74) is 2.40. The van der Waals surface area contributed by atoms with E-state index in [0.717, 1.165) is 24.2 Å². The molecular formula is C18H24ClN5O3S. The van der Waals surface area contributed by atoms with Gasteiger partial charge >= 0.3 is 0 Å². The molecule has 4 rings (SSSR count).